The molecule has 1 N–H and O–H groups in total. The van der Waals surface area contributed by atoms with Gasteiger partial charge in [0.15, 0.2) is 5.03 Å². The van der Waals surface area contributed by atoms with E-state index in [0.717, 1.165) is 0 Å². The number of aryl methyl sites for hydroxylation is 1. The zero-order valence-electron chi connectivity index (χ0n) is 8.30. The number of aliphatic hydroxyl groups excluding tert-OH is 1. The summed E-state index contributed by atoms with van der Waals surface area (Å²) >= 11 is 1.31. The number of thioether (sulfide) groups is 1. The van der Waals surface area contributed by atoms with E-state index in [1.807, 2.05) is 13.8 Å². The van der Waals surface area contributed by atoms with Crippen LogP contribution in [0.5, 0.6) is 0 Å². The van der Waals surface area contributed by atoms with Crippen molar-refractivity contribution in [3.8, 4) is 0 Å². The fourth-order valence-electron chi connectivity index (χ4n) is 0.985. The molecule has 0 aliphatic rings. The predicted octanol–water partition coefficient (Wildman–Crippen LogP) is 0.736. The summed E-state index contributed by atoms with van der Waals surface area (Å²) in [6.07, 6.45) is 3.27. The molecule has 14 heavy (non-hydrogen) atoms. The van der Waals surface area contributed by atoms with Gasteiger partial charge in [-0.3, -0.25) is 4.79 Å². The van der Waals surface area contributed by atoms with E-state index >= 15 is 0 Å². The largest absolute Gasteiger partial charge is 0.395 e. The fourth-order valence-corrected chi connectivity index (χ4v) is 1.78. The number of hydrogen-bond donors (Lipinski definition) is 1. The number of nitrogens with zero attached hydrogens (tertiary/aromatic N) is 2. The van der Waals surface area contributed by atoms with Crippen LogP contribution in [0.3, 0.4) is 0 Å². The van der Waals surface area contributed by atoms with Gasteiger partial charge in [-0.05, 0) is 6.92 Å². The Morgan fingerprint density at radius 2 is 2.43 bits per heavy atom. The van der Waals surface area contributed by atoms with Gasteiger partial charge >= 0.3 is 0 Å². The van der Waals surface area contributed by atoms with E-state index in [4.69, 9.17) is 5.11 Å². The van der Waals surface area contributed by atoms with Crippen LogP contribution in [0, 0.1) is 0 Å². The Morgan fingerprint density at radius 1 is 1.71 bits per heavy atom. The second kappa shape index (κ2) is 5.17. The summed E-state index contributed by atoms with van der Waals surface area (Å²) < 4.78 is 1.60. The number of aliphatic hydroxyl groups is 1. The Labute approximate surface area is 87.0 Å². The molecule has 0 aliphatic carbocycles. The maximum atomic E-state index is 11.6. The lowest BCUT2D eigenvalue weighted by Gasteiger charge is -2.07. The molecule has 0 spiro atoms. The third-order valence-corrected chi connectivity index (χ3v) is 2.85. The lowest BCUT2D eigenvalue weighted by atomic mass is 10.5. The maximum Gasteiger partial charge on any atom is 0.283 e. The van der Waals surface area contributed by atoms with Gasteiger partial charge in [-0.1, -0.05) is 18.7 Å². The number of aromatic nitrogens is 2. The molecule has 0 saturated heterocycles. The number of rotatable bonds is 4. The maximum absolute atomic E-state index is 11.6. The second-order valence-corrected chi connectivity index (χ2v) is 4.36. The zero-order chi connectivity index (χ0) is 10.6. The van der Waals surface area contributed by atoms with E-state index in [2.05, 4.69) is 4.98 Å². The lowest BCUT2D eigenvalue weighted by Crippen LogP contribution is -2.22. The first-order chi connectivity index (χ1) is 6.69. The molecule has 1 aromatic rings. The molecule has 0 saturated carbocycles. The summed E-state index contributed by atoms with van der Waals surface area (Å²) in [6, 6.07) is 0. The fraction of sp³-hybridized carbons (Fsp3) is 0.556. The van der Waals surface area contributed by atoms with Crippen molar-refractivity contribution in [2.45, 2.75) is 30.7 Å². The summed E-state index contributed by atoms with van der Waals surface area (Å²) in [7, 11) is 0. The molecule has 0 bridgehead atoms. The summed E-state index contributed by atoms with van der Waals surface area (Å²) in [5.41, 5.74) is -0.0831. The van der Waals surface area contributed by atoms with Crippen molar-refractivity contribution in [1.29, 1.82) is 0 Å². The van der Waals surface area contributed by atoms with Crippen LogP contribution in [-0.2, 0) is 6.54 Å². The van der Waals surface area contributed by atoms with Crippen LogP contribution in [0.2, 0.25) is 0 Å². The first-order valence-electron chi connectivity index (χ1n) is 4.52. The van der Waals surface area contributed by atoms with Crippen LogP contribution in [0.4, 0.5) is 0 Å². The molecule has 1 atom stereocenters. The quantitative estimate of drug-likeness (QED) is 0.751. The van der Waals surface area contributed by atoms with Crippen LogP contribution in [0.15, 0.2) is 22.2 Å². The zero-order valence-corrected chi connectivity index (χ0v) is 9.12. The highest BCUT2D eigenvalue weighted by Gasteiger charge is 2.08. The summed E-state index contributed by atoms with van der Waals surface area (Å²) in [4.78, 5) is 15.6. The van der Waals surface area contributed by atoms with Crippen molar-refractivity contribution in [3.63, 3.8) is 0 Å². The standard InChI is InChI=1S/C9H14N2O2S/c1-3-11-5-4-10-8(9(11)13)14-7(2)6-12/h4-5,7,12H,3,6H2,1-2H3. The van der Waals surface area contributed by atoms with Crippen molar-refractivity contribution >= 4 is 11.8 Å². The first-order valence-corrected chi connectivity index (χ1v) is 5.40. The minimum atomic E-state index is -0.0831. The van der Waals surface area contributed by atoms with Gasteiger partial charge in [-0.2, -0.15) is 0 Å². The van der Waals surface area contributed by atoms with Gasteiger partial charge in [0.2, 0.25) is 0 Å². The van der Waals surface area contributed by atoms with Gasteiger partial charge in [-0.25, -0.2) is 4.98 Å². The normalized spacial score (nSPS) is 12.8. The first kappa shape index (κ1) is 11.3. The van der Waals surface area contributed by atoms with E-state index in [1.165, 1.54) is 11.8 Å². The minimum absolute atomic E-state index is 0.00269. The molecule has 78 valence electrons. The van der Waals surface area contributed by atoms with Crippen LogP contribution in [0.25, 0.3) is 0 Å². The summed E-state index contributed by atoms with van der Waals surface area (Å²) in [5, 5.41) is 9.31. The van der Waals surface area contributed by atoms with E-state index in [1.54, 1.807) is 17.0 Å². The van der Waals surface area contributed by atoms with Gasteiger partial charge in [0, 0.05) is 24.2 Å². The second-order valence-electron chi connectivity index (χ2n) is 2.93. The Kier molecular flexibility index (Phi) is 4.16. The van der Waals surface area contributed by atoms with Gasteiger partial charge in [0.05, 0.1) is 6.61 Å². The van der Waals surface area contributed by atoms with Gasteiger partial charge < -0.3 is 9.67 Å². The average Bonchev–Trinajstić information content (AvgIpc) is 2.21. The molecule has 0 aromatic carbocycles. The predicted molar refractivity (Wildman–Crippen MR) is 56.6 cm³/mol. The number of hydrogen-bond acceptors (Lipinski definition) is 4. The summed E-state index contributed by atoms with van der Waals surface area (Å²) in [5.74, 6) is 0. The lowest BCUT2D eigenvalue weighted by molar-refractivity contribution is 0.300. The third-order valence-electron chi connectivity index (χ3n) is 1.79. The molecule has 5 heteroatoms. The Hall–Kier alpha value is -0.810. The molecule has 0 aliphatic heterocycles. The van der Waals surface area contributed by atoms with E-state index in [-0.39, 0.29) is 17.4 Å². The van der Waals surface area contributed by atoms with E-state index in [0.29, 0.717) is 11.6 Å². The smallest absolute Gasteiger partial charge is 0.283 e. The topological polar surface area (TPSA) is 55.1 Å². The van der Waals surface area contributed by atoms with Crippen LogP contribution in [-0.4, -0.2) is 26.5 Å². The van der Waals surface area contributed by atoms with Gasteiger partial charge in [0.1, 0.15) is 0 Å². The molecular weight excluding hydrogens is 200 g/mol. The summed E-state index contributed by atoms with van der Waals surface area (Å²) in [6.45, 7) is 4.45. The molecule has 0 fully saturated rings. The molecule has 0 radical (unpaired) electrons. The van der Waals surface area contributed by atoms with Gasteiger partial charge in [0.25, 0.3) is 5.56 Å². The average molecular weight is 214 g/mol. The SMILES string of the molecule is CCn1ccnc(SC(C)CO)c1=O. The van der Waals surface area contributed by atoms with Crippen molar-refractivity contribution in [3.05, 3.63) is 22.7 Å². The highest BCUT2D eigenvalue weighted by molar-refractivity contribution is 7.99. The van der Waals surface area contributed by atoms with Crippen molar-refractivity contribution in [2.75, 3.05) is 6.61 Å². The molecule has 4 nitrogen and oxygen atoms in total. The Balaban J connectivity index is 2.93. The van der Waals surface area contributed by atoms with E-state index < -0.39 is 0 Å². The van der Waals surface area contributed by atoms with Crippen LogP contribution >= 0.6 is 11.8 Å². The van der Waals surface area contributed by atoms with E-state index in [9.17, 15) is 4.79 Å². The van der Waals surface area contributed by atoms with Crippen molar-refractivity contribution in [1.82, 2.24) is 9.55 Å². The Morgan fingerprint density at radius 3 is 3.00 bits per heavy atom. The van der Waals surface area contributed by atoms with Crippen LogP contribution in [0.1, 0.15) is 13.8 Å². The minimum Gasteiger partial charge on any atom is -0.395 e. The van der Waals surface area contributed by atoms with Crippen LogP contribution < -0.4 is 5.56 Å². The molecule has 0 amide bonds. The highest BCUT2D eigenvalue weighted by Crippen LogP contribution is 2.16. The molecule has 1 rings (SSSR count). The third kappa shape index (κ3) is 2.59. The molecular formula is C9H14N2O2S. The van der Waals surface area contributed by atoms with Gasteiger partial charge in [-0.15, -0.1) is 0 Å². The molecule has 1 heterocycles. The highest BCUT2D eigenvalue weighted by atomic mass is 32.2. The molecule has 1 unspecified atom stereocenters. The Bertz CT molecular complexity index is 351. The monoisotopic (exact) mass is 214 g/mol. The molecule has 1 aromatic heterocycles. The van der Waals surface area contributed by atoms with Crippen molar-refractivity contribution < 1.29 is 5.11 Å². The van der Waals surface area contributed by atoms with Crippen molar-refractivity contribution in [2.24, 2.45) is 0 Å².